The third-order valence-electron chi connectivity index (χ3n) is 5.39. The number of nitriles is 1. The van der Waals surface area contributed by atoms with E-state index in [1.807, 2.05) is 62.4 Å². The van der Waals surface area contributed by atoms with E-state index < -0.39 is 4.92 Å². The highest BCUT2D eigenvalue weighted by molar-refractivity contribution is 5.90. The molecule has 4 aromatic rings. The Hall–Kier alpha value is -4.70. The first-order chi connectivity index (χ1) is 16.4. The summed E-state index contributed by atoms with van der Waals surface area (Å²) in [7, 11) is 1.37. The molecule has 0 unspecified atom stereocenters. The number of aryl methyl sites for hydroxylation is 2. The van der Waals surface area contributed by atoms with Crippen molar-refractivity contribution < 1.29 is 14.1 Å². The standard InChI is InChI=1S/C27H21N3O4/c1-17-4-9-20(10-5-17)25-22(15-28)27(34-26(25)21-11-6-18(2)7-12-21)29-16-19-8-13-24(33-3)23(14-19)30(31)32/h4-14,16H,1-3H3. The van der Waals surface area contributed by atoms with Crippen molar-refractivity contribution in [1.29, 1.82) is 5.26 Å². The number of methoxy groups -OCH3 is 1. The second-order valence-corrected chi connectivity index (χ2v) is 7.78. The van der Waals surface area contributed by atoms with Crippen molar-refractivity contribution in [3.8, 4) is 34.3 Å². The minimum atomic E-state index is -0.519. The lowest BCUT2D eigenvalue weighted by molar-refractivity contribution is -0.385. The molecular weight excluding hydrogens is 430 g/mol. The molecule has 0 aliphatic rings. The van der Waals surface area contributed by atoms with E-state index in [0.717, 1.165) is 22.3 Å². The molecule has 168 valence electrons. The molecule has 0 saturated heterocycles. The van der Waals surface area contributed by atoms with Crippen molar-refractivity contribution in [3.05, 3.63) is 99.1 Å². The van der Waals surface area contributed by atoms with Gasteiger partial charge in [0.05, 0.1) is 12.0 Å². The lowest BCUT2D eigenvalue weighted by Crippen LogP contribution is -1.95. The Bertz CT molecular complexity index is 1430. The maximum Gasteiger partial charge on any atom is 0.311 e. The monoisotopic (exact) mass is 451 g/mol. The zero-order chi connectivity index (χ0) is 24.2. The van der Waals surface area contributed by atoms with Gasteiger partial charge in [-0.25, -0.2) is 4.99 Å². The van der Waals surface area contributed by atoms with Crippen molar-refractivity contribution >= 4 is 17.8 Å². The minimum absolute atomic E-state index is 0.132. The van der Waals surface area contributed by atoms with Gasteiger partial charge in [-0.05, 0) is 37.1 Å². The summed E-state index contributed by atoms with van der Waals surface area (Å²) >= 11 is 0. The van der Waals surface area contributed by atoms with Crippen LogP contribution in [-0.2, 0) is 0 Å². The maximum absolute atomic E-state index is 11.3. The van der Waals surface area contributed by atoms with E-state index in [1.54, 1.807) is 6.07 Å². The van der Waals surface area contributed by atoms with Crippen molar-refractivity contribution in [2.24, 2.45) is 4.99 Å². The van der Waals surface area contributed by atoms with Gasteiger partial charge in [-0.2, -0.15) is 5.26 Å². The second kappa shape index (κ2) is 9.43. The topological polar surface area (TPSA) is 102 Å². The second-order valence-electron chi connectivity index (χ2n) is 7.78. The van der Waals surface area contributed by atoms with Crippen LogP contribution < -0.4 is 4.74 Å². The number of hydrogen-bond acceptors (Lipinski definition) is 6. The SMILES string of the molecule is COc1ccc(C=Nc2oc(-c3ccc(C)cc3)c(-c3ccc(C)cc3)c2C#N)cc1[N+](=O)[O-]. The molecule has 1 heterocycles. The number of ether oxygens (including phenoxy) is 1. The summed E-state index contributed by atoms with van der Waals surface area (Å²) in [6, 6.07) is 22.4. The van der Waals surface area contributed by atoms with Gasteiger partial charge in [0.1, 0.15) is 17.4 Å². The fraction of sp³-hybridized carbons (Fsp3) is 0.111. The lowest BCUT2D eigenvalue weighted by Gasteiger charge is -2.05. The number of hydrogen-bond donors (Lipinski definition) is 0. The summed E-state index contributed by atoms with van der Waals surface area (Å²) in [6.07, 6.45) is 1.43. The highest BCUT2D eigenvalue weighted by atomic mass is 16.6. The van der Waals surface area contributed by atoms with Crippen molar-refractivity contribution in [2.75, 3.05) is 7.11 Å². The van der Waals surface area contributed by atoms with Gasteiger partial charge >= 0.3 is 5.69 Å². The molecule has 0 N–H and O–H groups in total. The first-order valence-corrected chi connectivity index (χ1v) is 10.5. The quantitative estimate of drug-likeness (QED) is 0.183. The molecule has 0 amide bonds. The van der Waals surface area contributed by atoms with Crippen LogP contribution in [0.4, 0.5) is 11.6 Å². The molecule has 0 atom stereocenters. The normalized spacial score (nSPS) is 10.9. The summed E-state index contributed by atoms with van der Waals surface area (Å²) in [6.45, 7) is 3.99. The van der Waals surface area contributed by atoms with Gasteiger partial charge in [-0.1, -0.05) is 59.7 Å². The number of nitro groups is 1. The Morgan fingerprint density at radius 2 is 1.62 bits per heavy atom. The van der Waals surface area contributed by atoms with Crippen molar-refractivity contribution in [3.63, 3.8) is 0 Å². The fourth-order valence-electron chi connectivity index (χ4n) is 3.58. The molecule has 7 heteroatoms. The van der Waals surface area contributed by atoms with Crippen LogP contribution in [0.15, 0.2) is 76.1 Å². The van der Waals surface area contributed by atoms with Crippen LogP contribution in [0.25, 0.3) is 22.5 Å². The lowest BCUT2D eigenvalue weighted by atomic mass is 9.97. The summed E-state index contributed by atoms with van der Waals surface area (Å²) in [5, 5.41) is 21.3. The number of nitro benzene ring substituents is 1. The summed E-state index contributed by atoms with van der Waals surface area (Å²) in [5.74, 6) is 0.821. The van der Waals surface area contributed by atoms with Gasteiger partial charge < -0.3 is 9.15 Å². The smallest absolute Gasteiger partial charge is 0.311 e. The van der Waals surface area contributed by atoms with E-state index in [4.69, 9.17) is 9.15 Å². The Morgan fingerprint density at radius 3 is 2.18 bits per heavy atom. The molecule has 34 heavy (non-hydrogen) atoms. The van der Waals surface area contributed by atoms with Crippen LogP contribution in [0.5, 0.6) is 5.75 Å². The van der Waals surface area contributed by atoms with E-state index in [2.05, 4.69) is 11.1 Å². The minimum Gasteiger partial charge on any atom is -0.490 e. The molecule has 0 aliphatic carbocycles. The Morgan fingerprint density at radius 1 is 1.00 bits per heavy atom. The van der Waals surface area contributed by atoms with E-state index in [1.165, 1.54) is 25.5 Å². The third kappa shape index (κ3) is 4.43. The van der Waals surface area contributed by atoms with Crippen LogP contribution in [0.3, 0.4) is 0 Å². The summed E-state index contributed by atoms with van der Waals surface area (Å²) in [5.41, 5.74) is 5.10. The van der Waals surface area contributed by atoms with Gasteiger partial charge in [-0.3, -0.25) is 10.1 Å². The molecular formula is C27H21N3O4. The molecule has 0 aliphatic heterocycles. The zero-order valence-corrected chi connectivity index (χ0v) is 18.9. The van der Waals surface area contributed by atoms with Crippen LogP contribution >= 0.6 is 0 Å². The number of furan rings is 1. The Balaban J connectivity index is 1.85. The Kier molecular flexibility index (Phi) is 6.24. The van der Waals surface area contributed by atoms with Crippen LogP contribution in [-0.4, -0.2) is 18.2 Å². The molecule has 0 bridgehead atoms. The molecule has 0 spiro atoms. The zero-order valence-electron chi connectivity index (χ0n) is 18.9. The summed E-state index contributed by atoms with van der Waals surface area (Å²) in [4.78, 5) is 15.2. The van der Waals surface area contributed by atoms with Gasteiger partial charge in [0, 0.05) is 23.4 Å². The molecule has 0 saturated carbocycles. The summed E-state index contributed by atoms with van der Waals surface area (Å²) < 4.78 is 11.2. The Labute approximate surface area is 196 Å². The molecule has 4 rings (SSSR count). The van der Waals surface area contributed by atoms with Gasteiger partial charge in [-0.15, -0.1) is 0 Å². The predicted molar refractivity (Wildman–Crippen MR) is 131 cm³/mol. The van der Waals surface area contributed by atoms with Gasteiger partial charge in [0.25, 0.3) is 0 Å². The van der Waals surface area contributed by atoms with Crippen LogP contribution in [0, 0.1) is 35.3 Å². The van der Waals surface area contributed by atoms with Gasteiger partial charge in [0.2, 0.25) is 5.88 Å². The highest BCUT2D eigenvalue weighted by Crippen LogP contribution is 2.42. The fourth-order valence-corrected chi connectivity index (χ4v) is 3.58. The molecule has 3 aromatic carbocycles. The maximum atomic E-state index is 11.3. The van der Waals surface area contributed by atoms with Crippen molar-refractivity contribution in [2.45, 2.75) is 13.8 Å². The average Bonchev–Trinajstić information content (AvgIpc) is 3.22. The molecule has 0 fully saturated rings. The largest absolute Gasteiger partial charge is 0.490 e. The van der Waals surface area contributed by atoms with E-state index >= 15 is 0 Å². The predicted octanol–water partition coefficient (Wildman–Crippen LogP) is 6.77. The van der Waals surface area contributed by atoms with E-state index in [0.29, 0.717) is 22.5 Å². The molecule has 7 nitrogen and oxygen atoms in total. The number of aliphatic imine (C=N–C) groups is 1. The molecule has 0 radical (unpaired) electrons. The van der Waals surface area contributed by atoms with E-state index in [9.17, 15) is 15.4 Å². The van der Waals surface area contributed by atoms with E-state index in [-0.39, 0.29) is 17.3 Å². The highest BCUT2D eigenvalue weighted by Gasteiger charge is 2.23. The number of rotatable bonds is 6. The van der Waals surface area contributed by atoms with Gasteiger partial charge in [0.15, 0.2) is 5.75 Å². The third-order valence-corrected chi connectivity index (χ3v) is 5.39. The molecule has 1 aromatic heterocycles. The van der Waals surface area contributed by atoms with Crippen LogP contribution in [0.1, 0.15) is 22.3 Å². The number of nitrogens with zero attached hydrogens (tertiary/aromatic N) is 3. The average molecular weight is 451 g/mol. The first-order valence-electron chi connectivity index (χ1n) is 10.5. The van der Waals surface area contributed by atoms with Crippen molar-refractivity contribution in [1.82, 2.24) is 0 Å². The first kappa shape index (κ1) is 22.5. The van der Waals surface area contributed by atoms with Crippen LogP contribution in [0.2, 0.25) is 0 Å². The number of benzene rings is 3.